The summed E-state index contributed by atoms with van der Waals surface area (Å²) in [5.41, 5.74) is 1.47. The Morgan fingerprint density at radius 3 is 2.48 bits per heavy atom. The second kappa shape index (κ2) is 13.4. The van der Waals surface area contributed by atoms with Gasteiger partial charge in [-0.05, 0) is 75.0 Å². The third kappa shape index (κ3) is 7.70. The fraction of sp³-hybridized carbons (Fsp3) is 0.708. The van der Waals surface area contributed by atoms with Gasteiger partial charge in [-0.3, -0.25) is 0 Å². The summed E-state index contributed by atoms with van der Waals surface area (Å²) in [6.45, 7) is 5.30. The van der Waals surface area contributed by atoms with E-state index < -0.39 is 0 Å². The maximum atomic E-state index is 6.15. The lowest BCUT2D eigenvalue weighted by atomic mass is 9.67. The third-order valence-electron chi connectivity index (χ3n) is 6.47. The minimum Gasteiger partial charge on any atom is -0.493 e. The number of benzene rings is 1. The van der Waals surface area contributed by atoms with Crippen LogP contribution >= 0.6 is 24.0 Å². The first-order valence-corrected chi connectivity index (χ1v) is 11.5. The maximum Gasteiger partial charge on any atom is 0.191 e. The van der Waals surface area contributed by atoms with Crippen molar-refractivity contribution in [3.8, 4) is 11.5 Å². The fourth-order valence-corrected chi connectivity index (χ4v) is 4.39. The molecule has 0 heterocycles. The average Bonchev–Trinajstić information content (AvgIpc) is 3.24. The van der Waals surface area contributed by atoms with Crippen molar-refractivity contribution in [2.24, 2.45) is 10.4 Å². The zero-order valence-electron chi connectivity index (χ0n) is 19.4. The van der Waals surface area contributed by atoms with Crippen molar-refractivity contribution in [3.63, 3.8) is 0 Å². The van der Waals surface area contributed by atoms with E-state index in [1.165, 1.54) is 32.1 Å². The highest BCUT2D eigenvalue weighted by Crippen LogP contribution is 2.43. The first-order chi connectivity index (χ1) is 14.7. The van der Waals surface area contributed by atoms with Crippen molar-refractivity contribution in [1.82, 2.24) is 10.6 Å². The van der Waals surface area contributed by atoms with Gasteiger partial charge in [0.05, 0.1) is 19.8 Å². The summed E-state index contributed by atoms with van der Waals surface area (Å²) in [6.07, 6.45) is 10.1. The van der Waals surface area contributed by atoms with Crippen LogP contribution in [0.2, 0.25) is 0 Å². The van der Waals surface area contributed by atoms with Crippen LogP contribution in [0, 0.1) is 5.41 Å². The normalized spacial score (nSPS) is 18.1. The average molecular weight is 546 g/mol. The number of hydrogen-bond donors (Lipinski definition) is 2. The molecule has 2 fully saturated rings. The molecular weight excluding hydrogens is 505 g/mol. The Hall–Kier alpha value is -1.22. The van der Waals surface area contributed by atoms with Gasteiger partial charge in [-0.1, -0.05) is 12.5 Å². The Bertz CT molecular complexity index is 689. The molecule has 0 amide bonds. The lowest BCUT2D eigenvalue weighted by Gasteiger charge is -2.42. The quantitative estimate of drug-likeness (QED) is 0.236. The van der Waals surface area contributed by atoms with Gasteiger partial charge in [0.15, 0.2) is 17.5 Å². The van der Waals surface area contributed by atoms with Gasteiger partial charge in [0.25, 0.3) is 0 Å². The van der Waals surface area contributed by atoms with E-state index in [-0.39, 0.29) is 24.0 Å². The molecule has 0 unspecified atom stereocenters. The molecule has 2 N–H and O–H groups in total. The monoisotopic (exact) mass is 545 g/mol. The van der Waals surface area contributed by atoms with Gasteiger partial charge < -0.3 is 24.8 Å². The number of ether oxygens (including phenoxy) is 3. The van der Waals surface area contributed by atoms with Crippen molar-refractivity contribution >= 4 is 29.9 Å². The van der Waals surface area contributed by atoms with E-state index in [1.54, 1.807) is 14.2 Å². The van der Waals surface area contributed by atoms with Crippen LogP contribution in [0.5, 0.6) is 11.5 Å². The number of rotatable bonds is 11. The van der Waals surface area contributed by atoms with Crippen molar-refractivity contribution in [1.29, 1.82) is 0 Å². The third-order valence-corrected chi connectivity index (χ3v) is 6.47. The van der Waals surface area contributed by atoms with Crippen LogP contribution in [-0.4, -0.2) is 46.0 Å². The van der Waals surface area contributed by atoms with E-state index in [9.17, 15) is 0 Å². The molecule has 1 aromatic carbocycles. The predicted molar refractivity (Wildman–Crippen MR) is 137 cm³/mol. The summed E-state index contributed by atoms with van der Waals surface area (Å²) in [5, 5.41) is 6.93. The number of guanidine groups is 1. The van der Waals surface area contributed by atoms with Gasteiger partial charge in [-0.2, -0.15) is 0 Å². The second-order valence-electron chi connectivity index (χ2n) is 8.65. The molecular formula is C24H40IN3O3. The number of methoxy groups -OCH3 is 2. The highest BCUT2D eigenvalue weighted by atomic mass is 127. The number of nitrogens with one attached hydrogen (secondary N) is 2. The minimum absolute atomic E-state index is 0. The molecule has 0 saturated heterocycles. The second-order valence-corrected chi connectivity index (χ2v) is 8.65. The van der Waals surface area contributed by atoms with Crippen LogP contribution in [0.4, 0.5) is 0 Å². The summed E-state index contributed by atoms with van der Waals surface area (Å²) < 4.78 is 17.0. The van der Waals surface area contributed by atoms with Crippen LogP contribution in [0.1, 0.15) is 63.9 Å². The SMILES string of the molecule is CCNC(=NCc1ccc(OC2CCCC2)c(OC)c1)NCC1(CCOC)CCC1.I. The van der Waals surface area contributed by atoms with Crippen molar-refractivity contribution in [3.05, 3.63) is 23.8 Å². The van der Waals surface area contributed by atoms with Crippen molar-refractivity contribution < 1.29 is 14.2 Å². The molecule has 0 aromatic heterocycles. The van der Waals surface area contributed by atoms with E-state index in [1.807, 2.05) is 12.1 Å². The molecule has 3 rings (SSSR count). The molecule has 0 bridgehead atoms. The van der Waals surface area contributed by atoms with Crippen LogP contribution in [0.15, 0.2) is 23.2 Å². The number of hydrogen-bond acceptors (Lipinski definition) is 4. The lowest BCUT2D eigenvalue weighted by molar-refractivity contribution is 0.0732. The van der Waals surface area contributed by atoms with Gasteiger partial charge in [0.1, 0.15) is 0 Å². The van der Waals surface area contributed by atoms with Crippen LogP contribution < -0.4 is 20.1 Å². The van der Waals surface area contributed by atoms with Crippen molar-refractivity contribution in [2.75, 3.05) is 33.9 Å². The molecule has 1 aromatic rings. The van der Waals surface area contributed by atoms with Gasteiger partial charge in [0.2, 0.25) is 0 Å². The van der Waals surface area contributed by atoms with Gasteiger partial charge in [-0.25, -0.2) is 4.99 Å². The van der Waals surface area contributed by atoms with E-state index in [2.05, 4.69) is 23.6 Å². The highest BCUT2D eigenvalue weighted by Gasteiger charge is 2.36. The van der Waals surface area contributed by atoms with Crippen molar-refractivity contribution in [2.45, 2.75) is 70.9 Å². The number of aliphatic imine (C=N–C) groups is 1. The van der Waals surface area contributed by atoms with Crippen LogP contribution in [0.25, 0.3) is 0 Å². The van der Waals surface area contributed by atoms with E-state index >= 15 is 0 Å². The highest BCUT2D eigenvalue weighted by molar-refractivity contribution is 14.0. The summed E-state index contributed by atoms with van der Waals surface area (Å²) in [7, 11) is 3.48. The first-order valence-electron chi connectivity index (χ1n) is 11.5. The van der Waals surface area contributed by atoms with Gasteiger partial charge in [0, 0.05) is 26.8 Å². The molecule has 6 nitrogen and oxygen atoms in total. The summed E-state index contributed by atoms with van der Waals surface area (Å²) in [6, 6.07) is 6.16. The zero-order chi connectivity index (χ0) is 21.2. The summed E-state index contributed by atoms with van der Waals surface area (Å²) in [5.74, 6) is 2.50. The number of nitrogens with zero attached hydrogens (tertiary/aromatic N) is 1. The Morgan fingerprint density at radius 1 is 1.10 bits per heavy atom. The van der Waals surface area contributed by atoms with Gasteiger partial charge in [-0.15, -0.1) is 24.0 Å². The molecule has 2 saturated carbocycles. The Kier molecular flexibility index (Phi) is 11.2. The fourth-order valence-electron chi connectivity index (χ4n) is 4.39. The summed E-state index contributed by atoms with van der Waals surface area (Å²) >= 11 is 0. The molecule has 0 atom stereocenters. The van der Waals surface area contributed by atoms with Crippen LogP contribution in [-0.2, 0) is 11.3 Å². The lowest BCUT2D eigenvalue weighted by Crippen LogP contribution is -2.46. The van der Waals surface area contributed by atoms with E-state index in [4.69, 9.17) is 19.2 Å². The standard InChI is InChI=1S/C24H39N3O3.HI/c1-4-25-23(27-18-24(12-7-13-24)14-15-28-2)26-17-19-10-11-21(22(16-19)29-3)30-20-8-5-6-9-20;/h10-11,16,20H,4-9,12-15,17-18H2,1-3H3,(H2,25,26,27);1H. The summed E-state index contributed by atoms with van der Waals surface area (Å²) in [4.78, 5) is 4.80. The molecule has 2 aliphatic carbocycles. The molecule has 176 valence electrons. The molecule has 7 heteroatoms. The van der Waals surface area contributed by atoms with E-state index in [0.717, 1.165) is 62.0 Å². The molecule has 0 radical (unpaired) electrons. The maximum absolute atomic E-state index is 6.15. The van der Waals surface area contributed by atoms with Crippen LogP contribution in [0.3, 0.4) is 0 Å². The molecule has 31 heavy (non-hydrogen) atoms. The first kappa shape index (κ1) is 26.0. The smallest absolute Gasteiger partial charge is 0.191 e. The topological polar surface area (TPSA) is 64.1 Å². The Balaban J connectivity index is 0.00000341. The number of halogens is 1. The molecule has 2 aliphatic rings. The van der Waals surface area contributed by atoms with Gasteiger partial charge >= 0.3 is 0 Å². The predicted octanol–water partition coefficient (Wildman–Crippen LogP) is 4.90. The molecule has 0 spiro atoms. The zero-order valence-corrected chi connectivity index (χ0v) is 21.7. The molecule has 0 aliphatic heterocycles. The van der Waals surface area contributed by atoms with E-state index in [0.29, 0.717) is 18.1 Å². The Morgan fingerprint density at radius 2 is 1.87 bits per heavy atom. The minimum atomic E-state index is 0. The Labute approximate surface area is 204 Å². The largest absolute Gasteiger partial charge is 0.493 e.